The third-order valence-corrected chi connectivity index (χ3v) is 2.69. The fourth-order valence-electron chi connectivity index (χ4n) is 1.22. The van der Waals surface area contributed by atoms with Gasteiger partial charge in [-0.1, -0.05) is 17.7 Å². The molecule has 0 radical (unpaired) electrons. The number of halogens is 1. The van der Waals surface area contributed by atoms with Crippen LogP contribution in [-0.4, -0.2) is 27.2 Å². The van der Waals surface area contributed by atoms with Gasteiger partial charge in [0.1, 0.15) is 5.56 Å². The minimum atomic E-state index is -3.48. The van der Waals surface area contributed by atoms with Crippen molar-refractivity contribution in [1.29, 1.82) is 0 Å². The van der Waals surface area contributed by atoms with Crippen LogP contribution in [0.25, 0.3) is 0 Å². The average Bonchev–Trinajstić information content (AvgIpc) is 2.15. The van der Waals surface area contributed by atoms with E-state index in [0.717, 1.165) is 6.26 Å². The number of ether oxygens (including phenoxy) is 1. The first kappa shape index (κ1) is 13.8. The van der Waals surface area contributed by atoms with Gasteiger partial charge in [-0.3, -0.25) is 4.72 Å². The predicted molar refractivity (Wildman–Crippen MR) is 65.9 cm³/mol. The lowest BCUT2D eigenvalue weighted by Gasteiger charge is -2.11. The molecule has 0 heterocycles. The average molecular weight is 278 g/mol. The number of benzene rings is 1. The van der Waals surface area contributed by atoms with Crippen LogP contribution < -0.4 is 4.72 Å². The van der Waals surface area contributed by atoms with E-state index in [1.165, 1.54) is 12.1 Å². The molecule has 1 aromatic carbocycles. The second-order valence-corrected chi connectivity index (χ2v) is 5.41. The first-order valence-corrected chi connectivity index (χ1v) is 7.05. The lowest BCUT2D eigenvalue weighted by molar-refractivity contribution is 0.0528. The van der Waals surface area contributed by atoms with Crippen molar-refractivity contribution in [3.63, 3.8) is 0 Å². The molecule has 1 aromatic rings. The van der Waals surface area contributed by atoms with Gasteiger partial charge in [0.25, 0.3) is 0 Å². The molecule has 0 aliphatic carbocycles. The second-order valence-electron chi connectivity index (χ2n) is 3.26. The minimum Gasteiger partial charge on any atom is -0.462 e. The Morgan fingerprint density at radius 3 is 2.65 bits per heavy atom. The molecule has 0 aliphatic rings. The van der Waals surface area contributed by atoms with Crippen LogP contribution in [0.4, 0.5) is 5.69 Å². The van der Waals surface area contributed by atoms with Gasteiger partial charge in [0.15, 0.2) is 0 Å². The van der Waals surface area contributed by atoms with Crippen LogP contribution in [0.3, 0.4) is 0 Å². The van der Waals surface area contributed by atoms with Crippen LogP contribution in [0.15, 0.2) is 18.2 Å². The van der Waals surface area contributed by atoms with Crippen molar-refractivity contribution in [3.8, 4) is 0 Å². The molecule has 1 rings (SSSR count). The molecule has 0 atom stereocenters. The molecule has 0 fully saturated rings. The topological polar surface area (TPSA) is 72.5 Å². The lowest BCUT2D eigenvalue weighted by Crippen LogP contribution is -2.15. The molecular weight excluding hydrogens is 266 g/mol. The van der Waals surface area contributed by atoms with Crippen LogP contribution in [0, 0.1) is 0 Å². The summed E-state index contributed by atoms with van der Waals surface area (Å²) in [5, 5.41) is 0.136. The number of rotatable bonds is 4. The summed E-state index contributed by atoms with van der Waals surface area (Å²) >= 11 is 5.85. The zero-order valence-corrected chi connectivity index (χ0v) is 10.9. The smallest absolute Gasteiger partial charge is 0.341 e. The van der Waals surface area contributed by atoms with Crippen molar-refractivity contribution < 1.29 is 17.9 Å². The molecule has 1 N–H and O–H groups in total. The molecule has 0 unspecified atom stereocenters. The Bertz CT molecular complexity index is 527. The monoisotopic (exact) mass is 277 g/mol. The van der Waals surface area contributed by atoms with E-state index in [1.807, 2.05) is 0 Å². The molecule has 0 amide bonds. The van der Waals surface area contributed by atoms with E-state index in [1.54, 1.807) is 13.0 Å². The van der Waals surface area contributed by atoms with Gasteiger partial charge in [0.05, 0.1) is 23.6 Å². The Morgan fingerprint density at radius 2 is 2.12 bits per heavy atom. The number of hydrogen-bond donors (Lipinski definition) is 1. The Kier molecular flexibility index (Phi) is 4.36. The summed E-state index contributed by atoms with van der Waals surface area (Å²) in [6.07, 6.45) is 0.989. The van der Waals surface area contributed by atoms with Crippen molar-refractivity contribution in [2.75, 3.05) is 17.6 Å². The molecule has 0 aromatic heterocycles. The van der Waals surface area contributed by atoms with E-state index in [0.29, 0.717) is 0 Å². The van der Waals surface area contributed by atoms with Crippen LogP contribution in [0.1, 0.15) is 17.3 Å². The van der Waals surface area contributed by atoms with Crippen LogP contribution in [0.5, 0.6) is 0 Å². The molecule has 7 heteroatoms. The number of nitrogens with one attached hydrogen (secondary N) is 1. The van der Waals surface area contributed by atoms with E-state index in [2.05, 4.69) is 4.72 Å². The Morgan fingerprint density at radius 1 is 1.47 bits per heavy atom. The predicted octanol–water partition coefficient (Wildman–Crippen LogP) is 1.89. The summed E-state index contributed by atoms with van der Waals surface area (Å²) in [5.74, 6) is -0.663. The highest BCUT2D eigenvalue weighted by Gasteiger charge is 2.18. The number of esters is 1. The summed E-state index contributed by atoms with van der Waals surface area (Å²) in [6.45, 7) is 1.83. The molecule has 5 nitrogen and oxygen atoms in total. The first-order valence-electron chi connectivity index (χ1n) is 4.78. The lowest BCUT2D eigenvalue weighted by atomic mass is 10.2. The number of anilines is 1. The minimum absolute atomic E-state index is 0.0152. The van der Waals surface area contributed by atoms with Gasteiger partial charge in [0.2, 0.25) is 10.0 Å². The number of sulfonamides is 1. The van der Waals surface area contributed by atoms with Gasteiger partial charge in [0, 0.05) is 0 Å². The van der Waals surface area contributed by atoms with Crippen molar-refractivity contribution >= 4 is 33.3 Å². The fraction of sp³-hybridized carbons (Fsp3) is 0.300. The maximum absolute atomic E-state index is 11.6. The van der Waals surface area contributed by atoms with Gasteiger partial charge in [-0.05, 0) is 19.1 Å². The third kappa shape index (κ3) is 3.90. The molecule has 0 saturated carbocycles. The summed E-state index contributed by atoms with van der Waals surface area (Å²) in [7, 11) is -3.48. The van der Waals surface area contributed by atoms with Crippen molar-refractivity contribution in [1.82, 2.24) is 0 Å². The Hall–Kier alpha value is -1.27. The first-order chi connectivity index (χ1) is 7.85. The Balaban J connectivity index is 3.22. The zero-order valence-electron chi connectivity index (χ0n) is 9.36. The normalized spacial score (nSPS) is 11.0. The van der Waals surface area contributed by atoms with Crippen molar-refractivity contribution in [3.05, 3.63) is 28.8 Å². The molecule has 17 heavy (non-hydrogen) atoms. The summed E-state index contributed by atoms with van der Waals surface area (Å²) in [5.41, 5.74) is 0.125. The highest BCUT2D eigenvalue weighted by Crippen LogP contribution is 2.25. The third-order valence-electron chi connectivity index (χ3n) is 1.79. The maximum Gasteiger partial charge on any atom is 0.341 e. The van der Waals surface area contributed by atoms with E-state index < -0.39 is 16.0 Å². The van der Waals surface area contributed by atoms with Gasteiger partial charge >= 0.3 is 5.97 Å². The molecule has 0 spiro atoms. The maximum atomic E-state index is 11.6. The van der Waals surface area contributed by atoms with Crippen molar-refractivity contribution in [2.45, 2.75) is 6.92 Å². The quantitative estimate of drug-likeness (QED) is 0.853. The highest BCUT2D eigenvalue weighted by molar-refractivity contribution is 7.92. The molecular formula is C10H12ClNO4S. The van der Waals surface area contributed by atoms with Gasteiger partial charge in [-0.25, -0.2) is 13.2 Å². The summed E-state index contributed by atoms with van der Waals surface area (Å²) in [4.78, 5) is 11.6. The molecule has 94 valence electrons. The summed E-state index contributed by atoms with van der Waals surface area (Å²) < 4.78 is 29.3. The largest absolute Gasteiger partial charge is 0.462 e. The fourth-order valence-corrected chi connectivity index (χ4v) is 2.04. The Labute approximate surface area is 105 Å². The number of hydrogen-bond acceptors (Lipinski definition) is 4. The summed E-state index contributed by atoms with van der Waals surface area (Å²) in [6, 6.07) is 4.47. The SMILES string of the molecule is CCOC(=O)c1c(Cl)cccc1NS(C)(=O)=O. The van der Waals surface area contributed by atoms with Crippen LogP contribution >= 0.6 is 11.6 Å². The van der Waals surface area contributed by atoms with Crippen LogP contribution in [-0.2, 0) is 14.8 Å². The van der Waals surface area contributed by atoms with E-state index >= 15 is 0 Å². The van der Waals surface area contributed by atoms with E-state index in [-0.39, 0.29) is 22.9 Å². The second kappa shape index (κ2) is 5.37. The molecule has 0 aliphatic heterocycles. The molecule has 0 saturated heterocycles. The molecule has 0 bridgehead atoms. The highest BCUT2D eigenvalue weighted by atomic mass is 35.5. The number of carbonyl (C=O) groups excluding carboxylic acids is 1. The van der Waals surface area contributed by atoms with E-state index in [4.69, 9.17) is 16.3 Å². The standard InChI is InChI=1S/C10H12ClNO4S/c1-3-16-10(13)9-7(11)5-4-6-8(9)12-17(2,14)15/h4-6,12H,3H2,1-2H3. The van der Waals surface area contributed by atoms with Crippen LogP contribution in [0.2, 0.25) is 5.02 Å². The van der Waals surface area contributed by atoms with Gasteiger partial charge in [-0.2, -0.15) is 0 Å². The van der Waals surface area contributed by atoms with E-state index in [9.17, 15) is 13.2 Å². The van der Waals surface area contributed by atoms with Crippen molar-refractivity contribution in [2.24, 2.45) is 0 Å². The zero-order chi connectivity index (χ0) is 13.1. The van der Waals surface area contributed by atoms with Gasteiger partial charge < -0.3 is 4.74 Å². The number of carbonyl (C=O) groups is 1. The van der Waals surface area contributed by atoms with Gasteiger partial charge in [-0.15, -0.1) is 0 Å².